The molecule has 0 spiro atoms. The van der Waals surface area contributed by atoms with Gasteiger partial charge in [-0.15, -0.1) is 0 Å². The minimum atomic E-state index is -0.934. The molecule has 1 heterocycles. The molecule has 1 saturated heterocycles. The van der Waals surface area contributed by atoms with Crippen LogP contribution < -0.4 is 0 Å². The van der Waals surface area contributed by atoms with Crippen LogP contribution in [0.3, 0.4) is 0 Å². The summed E-state index contributed by atoms with van der Waals surface area (Å²) in [4.78, 5) is 12.0. The van der Waals surface area contributed by atoms with Gasteiger partial charge in [0.05, 0.1) is 12.2 Å². The molecule has 5 heteroatoms. The first kappa shape index (κ1) is 9.44. The molecule has 5 nitrogen and oxygen atoms in total. The third-order valence-corrected chi connectivity index (χ3v) is 2.19. The van der Waals surface area contributed by atoms with E-state index in [0.29, 0.717) is 0 Å². The Kier molecular flexibility index (Phi) is 2.66. The summed E-state index contributed by atoms with van der Waals surface area (Å²) in [6.45, 7) is 2.00. The van der Waals surface area contributed by atoms with Gasteiger partial charge in [0.2, 0.25) is 0 Å². The summed E-state index contributed by atoms with van der Waals surface area (Å²) < 4.78 is 0. The fourth-order valence-electron chi connectivity index (χ4n) is 1.27. The second kappa shape index (κ2) is 3.38. The Morgan fingerprint density at radius 3 is 2.17 bits per heavy atom. The maximum Gasteiger partial charge on any atom is 0.320 e. The number of carbonyl (C=O) groups is 1. The normalized spacial score (nSPS) is 33.6. The van der Waals surface area contributed by atoms with E-state index in [1.165, 1.54) is 11.8 Å². The first-order valence-electron chi connectivity index (χ1n) is 3.85. The molecule has 0 bridgehead atoms. The second-order valence-corrected chi connectivity index (χ2v) is 3.10. The number of nitrogens with zero attached hydrogens (tertiary/aromatic N) is 1. The van der Waals surface area contributed by atoms with Gasteiger partial charge in [0.25, 0.3) is 0 Å². The summed E-state index contributed by atoms with van der Waals surface area (Å²) in [5.41, 5.74) is 0. The maximum absolute atomic E-state index is 10.5. The molecule has 1 aliphatic heterocycles. The molecule has 1 aliphatic rings. The number of aliphatic hydroxyl groups excluding tert-OH is 2. The number of β-amino-alcohol motifs (C(OH)–C–C–N with tert-alkyl or cyclic N) is 2. The molecule has 0 aliphatic carbocycles. The van der Waals surface area contributed by atoms with Crippen molar-refractivity contribution in [3.8, 4) is 0 Å². The minimum Gasteiger partial charge on any atom is -0.480 e. The molecule has 0 aromatic rings. The largest absolute Gasteiger partial charge is 0.480 e. The summed E-state index contributed by atoms with van der Waals surface area (Å²) in [5, 5.41) is 26.8. The van der Waals surface area contributed by atoms with E-state index in [2.05, 4.69) is 0 Å². The van der Waals surface area contributed by atoms with E-state index in [4.69, 9.17) is 15.3 Å². The summed E-state index contributed by atoms with van der Waals surface area (Å²) in [7, 11) is 0. The van der Waals surface area contributed by atoms with Crippen molar-refractivity contribution in [1.29, 1.82) is 0 Å². The van der Waals surface area contributed by atoms with E-state index >= 15 is 0 Å². The highest BCUT2D eigenvalue weighted by molar-refractivity contribution is 5.72. The zero-order valence-electron chi connectivity index (χ0n) is 6.84. The topological polar surface area (TPSA) is 81.0 Å². The summed E-state index contributed by atoms with van der Waals surface area (Å²) in [6, 6.07) is -0.642. The predicted octanol–water partition coefficient (Wildman–Crippen LogP) is -1.50. The van der Waals surface area contributed by atoms with Gasteiger partial charge in [0.15, 0.2) is 0 Å². The minimum absolute atomic E-state index is 0.231. The average Bonchev–Trinajstić information content (AvgIpc) is 2.30. The Morgan fingerprint density at radius 1 is 1.42 bits per heavy atom. The van der Waals surface area contributed by atoms with Crippen LogP contribution in [0.4, 0.5) is 0 Å². The summed E-state index contributed by atoms with van der Waals surface area (Å²) in [6.07, 6.45) is -1.63. The van der Waals surface area contributed by atoms with Crippen molar-refractivity contribution in [2.24, 2.45) is 0 Å². The lowest BCUT2D eigenvalue weighted by atomic mass is 10.3. The lowest BCUT2D eigenvalue weighted by Crippen LogP contribution is -2.37. The number of carboxylic acid groups (broad SMARTS) is 1. The third kappa shape index (κ3) is 1.74. The fourth-order valence-corrected chi connectivity index (χ4v) is 1.27. The zero-order chi connectivity index (χ0) is 9.30. The van der Waals surface area contributed by atoms with Crippen molar-refractivity contribution in [1.82, 2.24) is 4.90 Å². The van der Waals surface area contributed by atoms with E-state index in [1.807, 2.05) is 0 Å². The first-order valence-corrected chi connectivity index (χ1v) is 3.85. The van der Waals surface area contributed by atoms with E-state index in [9.17, 15) is 4.79 Å². The van der Waals surface area contributed by atoms with Crippen LogP contribution >= 0.6 is 0 Å². The third-order valence-electron chi connectivity index (χ3n) is 2.19. The van der Waals surface area contributed by atoms with Crippen LogP contribution in [0.5, 0.6) is 0 Å². The number of aliphatic carboxylic acids is 1. The van der Waals surface area contributed by atoms with Crippen molar-refractivity contribution in [2.45, 2.75) is 25.2 Å². The second-order valence-electron chi connectivity index (χ2n) is 3.10. The molecular weight excluding hydrogens is 162 g/mol. The first-order chi connectivity index (χ1) is 5.52. The highest BCUT2D eigenvalue weighted by Gasteiger charge is 2.34. The molecule has 3 N–H and O–H groups in total. The van der Waals surface area contributed by atoms with Gasteiger partial charge in [-0.2, -0.15) is 0 Å². The molecule has 1 rings (SSSR count). The molecule has 0 amide bonds. The average molecular weight is 175 g/mol. The van der Waals surface area contributed by atoms with Crippen LogP contribution in [0.15, 0.2) is 0 Å². The lowest BCUT2D eigenvalue weighted by molar-refractivity contribution is -0.142. The van der Waals surface area contributed by atoms with Crippen LogP contribution in [-0.2, 0) is 4.79 Å². The van der Waals surface area contributed by atoms with Crippen LogP contribution in [0.1, 0.15) is 6.92 Å². The van der Waals surface area contributed by atoms with Gasteiger partial charge in [-0.1, -0.05) is 0 Å². The van der Waals surface area contributed by atoms with E-state index in [1.54, 1.807) is 0 Å². The summed E-state index contributed by atoms with van der Waals surface area (Å²) >= 11 is 0. The molecule has 3 atom stereocenters. The lowest BCUT2D eigenvalue weighted by Gasteiger charge is -2.18. The number of likely N-dealkylation sites (tertiary alicyclic amines) is 1. The number of aliphatic hydroxyl groups is 2. The zero-order valence-corrected chi connectivity index (χ0v) is 6.84. The van der Waals surface area contributed by atoms with Gasteiger partial charge in [0, 0.05) is 13.1 Å². The molecule has 1 fully saturated rings. The molecule has 0 saturated carbocycles. The van der Waals surface area contributed by atoms with Crippen LogP contribution in [0.25, 0.3) is 0 Å². The monoisotopic (exact) mass is 175 g/mol. The number of carboxylic acids is 1. The molecule has 0 radical (unpaired) electrons. The van der Waals surface area contributed by atoms with E-state index < -0.39 is 24.2 Å². The molecule has 0 aromatic heterocycles. The fraction of sp³-hybridized carbons (Fsp3) is 0.857. The predicted molar refractivity (Wildman–Crippen MR) is 40.7 cm³/mol. The quantitative estimate of drug-likeness (QED) is 0.475. The Labute approximate surface area is 70.2 Å². The van der Waals surface area contributed by atoms with Crippen molar-refractivity contribution >= 4 is 5.97 Å². The number of hydrogen-bond acceptors (Lipinski definition) is 4. The van der Waals surface area contributed by atoms with Crippen molar-refractivity contribution < 1.29 is 20.1 Å². The van der Waals surface area contributed by atoms with Gasteiger partial charge >= 0.3 is 5.97 Å². The summed E-state index contributed by atoms with van der Waals surface area (Å²) in [5.74, 6) is -0.934. The Hall–Kier alpha value is -0.650. The maximum atomic E-state index is 10.5. The van der Waals surface area contributed by atoms with E-state index in [0.717, 1.165) is 0 Å². The highest BCUT2D eigenvalue weighted by Crippen LogP contribution is 2.13. The Bertz CT molecular complexity index is 174. The molecule has 12 heavy (non-hydrogen) atoms. The SMILES string of the molecule is CC(C(=O)O)N1CC(O)C(O)C1. The Balaban J connectivity index is 2.51. The number of hydrogen-bond donors (Lipinski definition) is 3. The van der Waals surface area contributed by atoms with Crippen LogP contribution in [0, 0.1) is 0 Å². The highest BCUT2D eigenvalue weighted by atomic mass is 16.4. The smallest absolute Gasteiger partial charge is 0.320 e. The van der Waals surface area contributed by atoms with Gasteiger partial charge in [0.1, 0.15) is 6.04 Å². The van der Waals surface area contributed by atoms with Gasteiger partial charge in [-0.3, -0.25) is 9.69 Å². The van der Waals surface area contributed by atoms with Crippen LogP contribution in [0.2, 0.25) is 0 Å². The van der Waals surface area contributed by atoms with E-state index in [-0.39, 0.29) is 13.1 Å². The molecule has 0 aromatic carbocycles. The number of rotatable bonds is 2. The van der Waals surface area contributed by atoms with Crippen molar-refractivity contribution in [3.05, 3.63) is 0 Å². The van der Waals surface area contributed by atoms with Crippen molar-refractivity contribution in [2.75, 3.05) is 13.1 Å². The van der Waals surface area contributed by atoms with Crippen LogP contribution in [-0.4, -0.2) is 57.5 Å². The van der Waals surface area contributed by atoms with Gasteiger partial charge in [-0.05, 0) is 6.92 Å². The molecular formula is C7H13NO4. The van der Waals surface area contributed by atoms with Gasteiger partial charge < -0.3 is 15.3 Å². The Morgan fingerprint density at radius 2 is 1.83 bits per heavy atom. The molecule has 3 unspecified atom stereocenters. The molecule has 70 valence electrons. The van der Waals surface area contributed by atoms with Crippen molar-refractivity contribution in [3.63, 3.8) is 0 Å². The standard InChI is InChI=1S/C7H13NO4/c1-4(7(11)12)8-2-5(9)6(10)3-8/h4-6,9-10H,2-3H2,1H3,(H,11,12). The van der Waals surface area contributed by atoms with Gasteiger partial charge in [-0.25, -0.2) is 0 Å².